The van der Waals surface area contributed by atoms with E-state index in [-0.39, 0.29) is 5.60 Å². The maximum Gasteiger partial charge on any atom is 0.0783 e. The van der Waals surface area contributed by atoms with Crippen molar-refractivity contribution in [1.82, 2.24) is 5.32 Å². The summed E-state index contributed by atoms with van der Waals surface area (Å²) in [6.45, 7) is 0.924. The van der Waals surface area contributed by atoms with Crippen LogP contribution in [0, 0.1) is 9.49 Å². The fraction of sp³-hybridized carbons (Fsp3) is 0.625. The highest BCUT2D eigenvalue weighted by Crippen LogP contribution is 2.43. The van der Waals surface area contributed by atoms with Crippen molar-refractivity contribution in [3.63, 3.8) is 0 Å². The van der Waals surface area contributed by atoms with Gasteiger partial charge >= 0.3 is 0 Å². The van der Waals surface area contributed by atoms with Gasteiger partial charge in [-0.05, 0) is 78.3 Å². The molecule has 2 nitrogen and oxygen atoms in total. The van der Waals surface area contributed by atoms with Crippen molar-refractivity contribution in [1.29, 1.82) is 0 Å². The van der Waals surface area contributed by atoms with Crippen molar-refractivity contribution in [2.24, 2.45) is 5.92 Å². The van der Waals surface area contributed by atoms with Crippen molar-refractivity contribution in [2.75, 3.05) is 25.2 Å². The number of thioether (sulfide) groups is 1. The Morgan fingerprint density at radius 2 is 2.20 bits per heavy atom. The first-order valence-electron chi connectivity index (χ1n) is 7.37. The summed E-state index contributed by atoms with van der Waals surface area (Å²) in [4.78, 5) is 0. The number of ether oxygens (including phenoxy) is 1. The van der Waals surface area contributed by atoms with E-state index in [4.69, 9.17) is 4.74 Å². The van der Waals surface area contributed by atoms with E-state index in [1.54, 1.807) is 0 Å². The Morgan fingerprint density at radius 1 is 1.40 bits per heavy atom. The van der Waals surface area contributed by atoms with Crippen LogP contribution in [0.5, 0.6) is 0 Å². The molecule has 2 aliphatic heterocycles. The van der Waals surface area contributed by atoms with Crippen LogP contribution in [-0.4, -0.2) is 30.8 Å². The van der Waals surface area contributed by atoms with E-state index >= 15 is 0 Å². The Labute approximate surface area is 139 Å². The van der Waals surface area contributed by atoms with Crippen molar-refractivity contribution in [3.8, 4) is 0 Å². The zero-order valence-electron chi connectivity index (χ0n) is 11.9. The maximum atomic E-state index is 6.16. The van der Waals surface area contributed by atoms with E-state index in [1.165, 1.54) is 39.9 Å². The third kappa shape index (κ3) is 3.18. The van der Waals surface area contributed by atoms with Gasteiger partial charge in [0.1, 0.15) is 0 Å². The van der Waals surface area contributed by atoms with Crippen LogP contribution in [0.25, 0.3) is 0 Å². The second-order valence-electron chi connectivity index (χ2n) is 5.90. The third-order valence-corrected chi connectivity index (χ3v) is 6.55. The molecule has 1 N–H and O–H groups in total. The van der Waals surface area contributed by atoms with Crippen LogP contribution in [0.4, 0.5) is 0 Å². The lowest BCUT2D eigenvalue weighted by Gasteiger charge is -2.41. The predicted octanol–water partition coefficient (Wildman–Crippen LogP) is 3.85. The molecule has 0 amide bonds. The lowest BCUT2D eigenvalue weighted by molar-refractivity contribution is -0.0850. The number of halogens is 1. The van der Waals surface area contributed by atoms with E-state index < -0.39 is 0 Å². The van der Waals surface area contributed by atoms with E-state index in [9.17, 15) is 0 Å². The summed E-state index contributed by atoms with van der Waals surface area (Å²) in [5.41, 5.74) is 1.59. The monoisotopic (exact) mass is 403 g/mol. The summed E-state index contributed by atoms with van der Waals surface area (Å²) >= 11 is 4.42. The van der Waals surface area contributed by atoms with Gasteiger partial charge in [-0.25, -0.2) is 0 Å². The molecule has 2 fully saturated rings. The summed E-state index contributed by atoms with van der Waals surface area (Å²) in [6, 6.07) is 9.42. The van der Waals surface area contributed by atoms with E-state index in [0.717, 1.165) is 6.61 Å². The topological polar surface area (TPSA) is 21.3 Å². The molecule has 3 atom stereocenters. The molecule has 1 spiro atoms. The third-order valence-electron chi connectivity index (χ3n) is 4.61. The summed E-state index contributed by atoms with van der Waals surface area (Å²) < 4.78 is 7.46. The molecule has 3 rings (SSSR count). The first-order chi connectivity index (χ1) is 9.72. The molecule has 3 unspecified atom stereocenters. The minimum Gasteiger partial charge on any atom is -0.374 e. The van der Waals surface area contributed by atoms with Crippen molar-refractivity contribution < 1.29 is 4.74 Å². The van der Waals surface area contributed by atoms with Crippen LogP contribution in [0.1, 0.15) is 30.9 Å². The van der Waals surface area contributed by atoms with Gasteiger partial charge in [0.05, 0.1) is 5.60 Å². The van der Waals surface area contributed by atoms with Crippen LogP contribution >= 0.6 is 34.4 Å². The molecule has 1 aromatic carbocycles. The zero-order chi connectivity index (χ0) is 14.0. The molecule has 110 valence electrons. The second-order valence-corrected chi connectivity index (χ2v) is 8.26. The standard InChI is InChI=1S/C16H22INOS/c1-18-15(12-2-4-14(17)5-3-12)13-6-8-19-16(10-13)7-9-20-11-16/h2-5,13,15,18H,6-11H2,1H3. The number of rotatable bonds is 3. The van der Waals surface area contributed by atoms with Gasteiger partial charge in [-0.15, -0.1) is 0 Å². The molecule has 4 heteroatoms. The highest BCUT2D eigenvalue weighted by molar-refractivity contribution is 14.1. The number of nitrogens with one attached hydrogen (secondary N) is 1. The summed E-state index contributed by atoms with van der Waals surface area (Å²) in [7, 11) is 2.09. The largest absolute Gasteiger partial charge is 0.374 e. The van der Waals surface area contributed by atoms with Gasteiger partial charge in [-0.1, -0.05) is 12.1 Å². The first kappa shape index (κ1) is 15.1. The van der Waals surface area contributed by atoms with Crippen LogP contribution in [0.3, 0.4) is 0 Å². The fourth-order valence-electron chi connectivity index (χ4n) is 3.56. The average Bonchev–Trinajstić information content (AvgIpc) is 2.90. The van der Waals surface area contributed by atoms with Crippen molar-refractivity contribution in [2.45, 2.75) is 30.9 Å². The van der Waals surface area contributed by atoms with Gasteiger partial charge in [0.25, 0.3) is 0 Å². The molecule has 20 heavy (non-hydrogen) atoms. The van der Waals surface area contributed by atoms with Gasteiger partial charge in [-0.2, -0.15) is 11.8 Å². The summed E-state index contributed by atoms with van der Waals surface area (Å²) in [5.74, 6) is 3.14. The van der Waals surface area contributed by atoms with Crippen LogP contribution in [-0.2, 0) is 4.74 Å². The van der Waals surface area contributed by atoms with Gasteiger partial charge in [0, 0.05) is 22.0 Å². The maximum absolute atomic E-state index is 6.16. The molecule has 0 radical (unpaired) electrons. The van der Waals surface area contributed by atoms with Crippen molar-refractivity contribution in [3.05, 3.63) is 33.4 Å². The summed E-state index contributed by atoms with van der Waals surface area (Å²) in [5, 5.41) is 3.55. The van der Waals surface area contributed by atoms with Crippen LogP contribution in [0.15, 0.2) is 24.3 Å². The fourth-order valence-corrected chi connectivity index (χ4v) is 5.30. The minimum absolute atomic E-state index is 0.173. The first-order valence-corrected chi connectivity index (χ1v) is 9.60. The molecular weight excluding hydrogens is 381 g/mol. The molecule has 0 aliphatic carbocycles. The molecule has 2 saturated heterocycles. The summed E-state index contributed by atoms with van der Waals surface area (Å²) in [6.07, 6.45) is 3.61. The molecular formula is C16H22INOS. The molecule has 1 aromatic rings. The normalized spacial score (nSPS) is 31.6. The Bertz CT molecular complexity index is 444. The van der Waals surface area contributed by atoms with Gasteiger partial charge < -0.3 is 10.1 Å². The van der Waals surface area contributed by atoms with Gasteiger partial charge in [0.2, 0.25) is 0 Å². The number of benzene rings is 1. The quantitative estimate of drug-likeness (QED) is 0.775. The smallest absolute Gasteiger partial charge is 0.0783 e. The van der Waals surface area contributed by atoms with Crippen LogP contribution in [0.2, 0.25) is 0 Å². The molecule has 2 heterocycles. The Morgan fingerprint density at radius 3 is 2.85 bits per heavy atom. The Hall–Kier alpha value is 0.220. The second kappa shape index (κ2) is 6.55. The highest BCUT2D eigenvalue weighted by Gasteiger charge is 2.42. The average molecular weight is 403 g/mol. The van der Waals surface area contributed by atoms with E-state index in [2.05, 4.69) is 71.0 Å². The number of hydrogen-bond acceptors (Lipinski definition) is 3. The van der Waals surface area contributed by atoms with E-state index in [1.807, 2.05) is 0 Å². The SMILES string of the molecule is CNC(c1ccc(I)cc1)C1CCOC2(CCSC2)C1. The lowest BCUT2D eigenvalue weighted by Crippen LogP contribution is -2.43. The number of hydrogen-bond donors (Lipinski definition) is 1. The molecule has 2 aliphatic rings. The van der Waals surface area contributed by atoms with E-state index in [0.29, 0.717) is 12.0 Å². The highest BCUT2D eigenvalue weighted by atomic mass is 127. The minimum atomic E-state index is 0.173. The Balaban J connectivity index is 1.76. The molecule has 0 aromatic heterocycles. The van der Waals surface area contributed by atoms with Gasteiger partial charge in [-0.3, -0.25) is 0 Å². The molecule has 0 bridgehead atoms. The van der Waals surface area contributed by atoms with Crippen LogP contribution < -0.4 is 5.32 Å². The lowest BCUT2D eigenvalue weighted by atomic mass is 9.79. The zero-order valence-corrected chi connectivity index (χ0v) is 14.9. The Kier molecular flexibility index (Phi) is 4.95. The van der Waals surface area contributed by atoms with Crippen molar-refractivity contribution >= 4 is 34.4 Å². The van der Waals surface area contributed by atoms with Gasteiger partial charge in [0.15, 0.2) is 0 Å². The molecule has 0 saturated carbocycles. The predicted molar refractivity (Wildman–Crippen MR) is 94.3 cm³/mol.